The Morgan fingerprint density at radius 3 is 2.27 bits per heavy atom. The highest BCUT2D eigenvalue weighted by molar-refractivity contribution is 5.89. The second-order valence-corrected chi connectivity index (χ2v) is 3.26. The van der Waals surface area contributed by atoms with Gasteiger partial charge in [0.25, 0.3) is 0 Å². The summed E-state index contributed by atoms with van der Waals surface area (Å²) in [5, 5.41) is 8.67. The highest BCUT2D eigenvalue weighted by Gasteiger charge is 2.40. The van der Waals surface area contributed by atoms with E-state index in [1.54, 1.807) is 6.92 Å². The molecule has 11 heavy (non-hydrogen) atoms. The zero-order valence-electron chi connectivity index (χ0n) is 6.70. The maximum absolute atomic E-state index is 11.0. The summed E-state index contributed by atoms with van der Waals surface area (Å²) >= 11 is 0. The van der Waals surface area contributed by atoms with E-state index in [4.69, 9.17) is 5.11 Å². The molecule has 0 amide bonds. The molecule has 0 spiro atoms. The number of carbonyl (C=O) groups is 2. The number of ketones is 1. The molecule has 1 N–H and O–H groups in total. The van der Waals surface area contributed by atoms with Crippen molar-refractivity contribution in [1.29, 1.82) is 0 Å². The van der Waals surface area contributed by atoms with E-state index in [0.29, 0.717) is 0 Å². The number of aliphatic carboxylic acids is 1. The molecule has 1 rings (SSSR count). The Kier molecular flexibility index (Phi) is 1.98. The SMILES string of the molecule is CC1C(=O)CC(C(=O)O)C1C. The van der Waals surface area contributed by atoms with Crippen LogP contribution in [0.25, 0.3) is 0 Å². The van der Waals surface area contributed by atoms with Crippen LogP contribution in [0.1, 0.15) is 20.3 Å². The van der Waals surface area contributed by atoms with E-state index >= 15 is 0 Å². The molecule has 1 fully saturated rings. The number of Topliss-reactive ketones (excluding diaryl/α,β-unsaturated/α-hetero) is 1. The summed E-state index contributed by atoms with van der Waals surface area (Å²) in [6, 6.07) is 0. The molecule has 0 bridgehead atoms. The fourth-order valence-electron chi connectivity index (χ4n) is 1.54. The second-order valence-electron chi connectivity index (χ2n) is 3.26. The van der Waals surface area contributed by atoms with Crippen LogP contribution in [0.5, 0.6) is 0 Å². The van der Waals surface area contributed by atoms with Gasteiger partial charge in [0.1, 0.15) is 5.78 Å². The van der Waals surface area contributed by atoms with E-state index in [1.165, 1.54) is 0 Å². The predicted molar refractivity (Wildman–Crippen MR) is 39.1 cm³/mol. The van der Waals surface area contributed by atoms with Gasteiger partial charge in [0, 0.05) is 12.3 Å². The first kappa shape index (κ1) is 8.24. The topological polar surface area (TPSA) is 54.4 Å². The summed E-state index contributed by atoms with van der Waals surface area (Å²) in [6.07, 6.45) is 0.220. The Hall–Kier alpha value is -0.860. The molecule has 0 aromatic carbocycles. The van der Waals surface area contributed by atoms with Crippen molar-refractivity contribution in [3.8, 4) is 0 Å². The minimum Gasteiger partial charge on any atom is -0.481 e. The number of carboxylic acids is 1. The first-order valence-corrected chi connectivity index (χ1v) is 3.79. The monoisotopic (exact) mass is 156 g/mol. The van der Waals surface area contributed by atoms with Crippen LogP contribution in [-0.2, 0) is 9.59 Å². The highest BCUT2D eigenvalue weighted by atomic mass is 16.4. The Morgan fingerprint density at radius 2 is 2.09 bits per heavy atom. The molecular weight excluding hydrogens is 144 g/mol. The standard InChI is InChI=1S/C8H12O3/c1-4-5(2)7(9)3-6(4)8(10)11/h4-6H,3H2,1-2H3,(H,10,11). The lowest BCUT2D eigenvalue weighted by molar-refractivity contribution is -0.143. The smallest absolute Gasteiger partial charge is 0.307 e. The van der Waals surface area contributed by atoms with Gasteiger partial charge in [-0.25, -0.2) is 0 Å². The zero-order valence-corrected chi connectivity index (χ0v) is 6.70. The van der Waals surface area contributed by atoms with Gasteiger partial charge in [-0.1, -0.05) is 13.8 Å². The zero-order chi connectivity index (χ0) is 8.59. The summed E-state index contributed by atoms with van der Waals surface area (Å²) in [7, 11) is 0. The van der Waals surface area contributed by atoms with Crippen LogP contribution in [0, 0.1) is 17.8 Å². The lowest BCUT2D eigenvalue weighted by Gasteiger charge is -2.11. The van der Waals surface area contributed by atoms with Gasteiger partial charge in [-0.2, -0.15) is 0 Å². The molecule has 1 aliphatic carbocycles. The van der Waals surface area contributed by atoms with Gasteiger partial charge in [0.05, 0.1) is 5.92 Å². The number of carboxylic acid groups (broad SMARTS) is 1. The van der Waals surface area contributed by atoms with Crippen molar-refractivity contribution in [3.05, 3.63) is 0 Å². The first-order valence-electron chi connectivity index (χ1n) is 3.79. The van der Waals surface area contributed by atoms with Crippen molar-refractivity contribution in [3.63, 3.8) is 0 Å². The normalized spacial score (nSPS) is 37.6. The quantitative estimate of drug-likeness (QED) is 0.614. The van der Waals surface area contributed by atoms with Crippen LogP contribution in [0.3, 0.4) is 0 Å². The summed E-state index contributed by atoms with van der Waals surface area (Å²) in [5.74, 6) is -1.27. The largest absolute Gasteiger partial charge is 0.481 e. The van der Waals surface area contributed by atoms with E-state index in [9.17, 15) is 9.59 Å². The molecule has 62 valence electrons. The molecule has 3 heteroatoms. The van der Waals surface area contributed by atoms with Crippen LogP contribution in [0.4, 0.5) is 0 Å². The van der Waals surface area contributed by atoms with Gasteiger partial charge in [-0.3, -0.25) is 9.59 Å². The van der Waals surface area contributed by atoms with E-state index in [-0.39, 0.29) is 24.0 Å². The maximum atomic E-state index is 11.0. The number of hydrogen-bond acceptors (Lipinski definition) is 2. The van der Waals surface area contributed by atoms with Gasteiger partial charge in [-0.15, -0.1) is 0 Å². The molecule has 1 aliphatic rings. The predicted octanol–water partition coefficient (Wildman–Crippen LogP) is 0.932. The van der Waals surface area contributed by atoms with Gasteiger partial charge in [0.2, 0.25) is 0 Å². The van der Waals surface area contributed by atoms with Crippen molar-refractivity contribution >= 4 is 11.8 Å². The maximum Gasteiger partial charge on any atom is 0.307 e. The molecule has 0 radical (unpaired) electrons. The molecule has 1 saturated carbocycles. The molecule has 3 unspecified atom stereocenters. The van der Waals surface area contributed by atoms with Crippen LogP contribution in [0.15, 0.2) is 0 Å². The molecule has 0 heterocycles. The Bertz CT molecular complexity index is 198. The summed E-state index contributed by atoms with van der Waals surface area (Å²) < 4.78 is 0. The van der Waals surface area contributed by atoms with Crippen molar-refractivity contribution in [1.82, 2.24) is 0 Å². The molecule has 3 nitrogen and oxygen atoms in total. The third-order valence-electron chi connectivity index (χ3n) is 2.67. The van der Waals surface area contributed by atoms with Crippen molar-refractivity contribution < 1.29 is 14.7 Å². The lowest BCUT2D eigenvalue weighted by Crippen LogP contribution is -2.18. The molecule has 0 saturated heterocycles. The molecule has 3 atom stereocenters. The van der Waals surface area contributed by atoms with Crippen molar-refractivity contribution in [2.75, 3.05) is 0 Å². The van der Waals surface area contributed by atoms with Gasteiger partial charge in [-0.05, 0) is 5.92 Å². The van der Waals surface area contributed by atoms with Crippen LogP contribution < -0.4 is 0 Å². The third-order valence-corrected chi connectivity index (χ3v) is 2.67. The third kappa shape index (κ3) is 1.27. The first-order chi connectivity index (χ1) is 5.04. The summed E-state index contributed by atoms with van der Waals surface area (Å²) in [6.45, 7) is 3.63. The van der Waals surface area contributed by atoms with E-state index in [2.05, 4.69) is 0 Å². The minimum absolute atomic E-state index is 0.000000000000000222. The van der Waals surface area contributed by atoms with Crippen LogP contribution >= 0.6 is 0 Å². The Morgan fingerprint density at radius 1 is 1.55 bits per heavy atom. The van der Waals surface area contributed by atoms with E-state index < -0.39 is 11.9 Å². The van der Waals surface area contributed by atoms with Crippen molar-refractivity contribution in [2.24, 2.45) is 17.8 Å². The van der Waals surface area contributed by atoms with E-state index in [0.717, 1.165) is 0 Å². The number of carbonyl (C=O) groups excluding carboxylic acids is 1. The summed E-state index contributed by atoms with van der Waals surface area (Å²) in [5.41, 5.74) is 0. The fraction of sp³-hybridized carbons (Fsp3) is 0.750. The average molecular weight is 156 g/mol. The molecular formula is C8H12O3. The average Bonchev–Trinajstić information content (AvgIpc) is 2.17. The molecule has 0 aromatic rings. The van der Waals surface area contributed by atoms with E-state index in [1.807, 2.05) is 6.92 Å². The van der Waals surface area contributed by atoms with Crippen molar-refractivity contribution in [2.45, 2.75) is 20.3 Å². The molecule has 0 aromatic heterocycles. The molecule has 0 aliphatic heterocycles. The second kappa shape index (κ2) is 2.64. The summed E-state index contributed by atoms with van der Waals surface area (Å²) in [4.78, 5) is 21.6. The Balaban J connectivity index is 2.74. The number of hydrogen-bond donors (Lipinski definition) is 1. The minimum atomic E-state index is -0.838. The van der Waals surface area contributed by atoms with Crippen LogP contribution in [0.2, 0.25) is 0 Å². The van der Waals surface area contributed by atoms with Gasteiger partial charge in [0.15, 0.2) is 0 Å². The van der Waals surface area contributed by atoms with Gasteiger partial charge >= 0.3 is 5.97 Å². The van der Waals surface area contributed by atoms with Crippen LogP contribution in [-0.4, -0.2) is 16.9 Å². The van der Waals surface area contributed by atoms with Gasteiger partial charge < -0.3 is 5.11 Å². The highest BCUT2D eigenvalue weighted by Crippen LogP contribution is 2.33. The lowest BCUT2D eigenvalue weighted by atomic mass is 9.93. The Labute approximate surface area is 65.4 Å². The fourth-order valence-corrected chi connectivity index (χ4v) is 1.54. The number of rotatable bonds is 1.